The molecule has 0 heterocycles. The summed E-state index contributed by atoms with van der Waals surface area (Å²) in [6.45, 7) is 2.31. The molecule has 1 fully saturated rings. The van der Waals surface area contributed by atoms with Crippen molar-refractivity contribution >= 4 is 0 Å². The Hall–Kier alpha value is 0. The Labute approximate surface area is 237 Å². The molecule has 37 heavy (non-hydrogen) atoms. The number of hydrogen-bond donors (Lipinski definition) is 0. The molecule has 0 aromatic carbocycles. The Kier molecular flexibility index (Phi) is 28.9. The SMILES string of the molecule is CCCCCCCCCCCCCCCCCCCCCCCCCCCCCCCCC1CCCC1. The first-order valence-electron chi connectivity index (χ1n) is 18.4. The summed E-state index contributed by atoms with van der Waals surface area (Å²) in [5, 5.41) is 0. The molecule has 0 amide bonds. The minimum absolute atomic E-state index is 1.11. The maximum Gasteiger partial charge on any atom is -0.0414 e. The van der Waals surface area contributed by atoms with E-state index in [4.69, 9.17) is 0 Å². The lowest BCUT2D eigenvalue weighted by molar-refractivity contribution is 0.459. The Bertz CT molecular complexity index is 393. The van der Waals surface area contributed by atoms with E-state index in [1.54, 1.807) is 19.3 Å². The van der Waals surface area contributed by atoms with E-state index in [2.05, 4.69) is 6.92 Å². The molecule has 0 aliphatic heterocycles. The minimum atomic E-state index is 1.11. The van der Waals surface area contributed by atoms with Crippen LogP contribution in [0.5, 0.6) is 0 Å². The van der Waals surface area contributed by atoms with E-state index in [1.165, 1.54) is 205 Å². The average Bonchev–Trinajstić information content (AvgIpc) is 3.43. The van der Waals surface area contributed by atoms with Crippen LogP contribution in [-0.4, -0.2) is 0 Å². The molecule has 0 nitrogen and oxygen atoms in total. The number of rotatable bonds is 31. The molecule has 0 spiro atoms. The molecule has 0 bridgehead atoms. The molecular formula is C37H74. The maximum atomic E-state index is 2.31. The van der Waals surface area contributed by atoms with Crippen LogP contribution in [0.4, 0.5) is 0 Å². The molecule has 0 aromatic rings. The Morgan fingerprint density at radius 3 is 0.757 bits per heavy atom. The van der Waals surface area contributed by atoms with Crippen molar-refractivity contribution in [3.63, 3.8) is 0 Å². The molecule has 1 aliphatic rings. The van der Waals surface area contributed by atoms with Crippen LogP contribution in [0.1, 0.15) is 232 Å². The largest absolute Gasteiger partial charge is 0.0654 e. The molecule has 1 saturated carbocycles. The van der Waals surface area contributed by atoms with Gasteiger partial charge in [-0.05, 0) is 5.92 Å². The van der Waals surface area contributed by atoms with Gasteiger partial charge in [0.1, 0.15) is 0 Å². The topological polar surface area (TPSA) is 0 Å². The van der Waals surface area contributed by atoms with Gasteiger partial charge in [0.15, 0.2) is 0 Å². The summed E-state index contributed by atoms with van der Waals surface area (Å²) >= 11 is 0. The van der Waals surface area contributed by atoms with Gasteiger partial charge in [0.25, 0.3) is 0 Å². The smallest absolute Gasteiger partial charge is 0.0414 e. The molecule has 0 saturated heterocycles. The zero-order chi connectivity index (χ0) is 26.3. The molecule has 222 valence electrons. The fraction of sp³-hybridized carbons (Fsp3) is 1.00. The maximum absolute atomic E-state index is 2.31. The first-order chi connectivity index (χ1) is 18.4. The highest BCUT2D eigenvalue weighted by Crippen LogP contribution is 2.29. The summed E-state index contributed by atoms with van der Waals surface area (Å²) in [6.07, 6.45) is 52.4. The molecule has 0 N–H and O–H groups in total. The van der Waals surface area contributed by atoms with Crippen LogP contribution in [0, 0.1) is 5.92 Å². The van der Waals surface area contributed by atoms with Gasteiger partial charge in [-0.15, -0.1) is 0 Å². The molecular weight excluding hydrogens is 444 g/mol. The second-order valence-electron chi connectivity index (χ2n) is 13.2. The third kappa shape index (κ3) is 27.4. The van der Waals surface area contributed by atoms with Gasteiger partial charge in [0, 0.05) is 0 Å². The summed E-state index contributed by atoms with van der Waals surface area (Å²) in [6, 6.07) is 0. The molecule has 0 aromatic heterocycles. The van der Waals surface area contributed by atoms with Crippen LogP contribution in [0.2, 0.25) is 0 Å². The highest BCUT2D eigenvalue weighted by Gasteiger charge is 2.13. The Morgan fingerprint density at radius 2 is 0.514 bits per heavy atom. The second-order valence-corrected chi connectivity index (χ2v) is 13.2. The highest BCUT2D eigenvalue weighted by molar-refractivity contribution is 4.67. The summed E-state index contributed by atoms with van der Waals surface area (Å²) in [5.74, 6) is 1.11. The minimum Gasteiger partial charge on any atom is -0.0654 e. The van der Waals surface area contributed by atoms with Gasteiger partial charge < -0.3 is 0 Å². The van der Waals surface area contributed by atoms with Gasteiger partial charge in [-0.2, -0.15) is 0 Å². The van der Waals surface area contributed by atoms with E-state index in [0.717, 1.165) is 5.92 Å². The highest BCUT2D eigenvalue weighted by atomic mass is 14.2. The first-order valence-corrected chi connectivity index (χ1v) is 18.4. The van der Waals surface area contributed by atoms with Crippen molar-refractivity contribution in [3.8, 4) is 0 Å². The van der Waals surface area contributed by atoms with E-state index in [9.17, 15) is 0 Å². The van der Waals surface area contributed by atoms with Crippen LogP contribution in [0.25, 0.3) is 0 Å². The van der Waals surface area contributed by atoms with Gasteiger partial charge in [-0.3, -0.25) is 0 Å². The van der Waals surface area contributed by atoms with Gasteiger partial charge in [-0.25, -0.2) is 0 Å². The average molecular weight is 519 g/mol. The van der Waals surface area contributed by atoms with Crippen LogP contribution in [0.3, 0.4) is 0 Å². The van der Waals surface area contributed by atoms with E-state index in [0.29, 0.717) is 0 Å². The van der Waals surface area contributed by atoms with Crippen molar-refractivity contribution in [1.29, 1.82) is 0 Å². The fourth-order valence-corrected chi connectivity index (χ4v) is 6.76. The van der Waals surface area contributed by atoms with Crippen LogP contribution < -0.4 is 0 Å². The van der Waals surface area contributed by atoms with Crippen LogP contribution >= 0.6 is 0 Å². The zero-order valence-corrected chi connectivity index (χ0v) is 26.3. The van der Waals surface area contributed by atoms with Gasteiger partial charge >= 0.3 is 0 Å². The van der Waals surface area contributed by atoms with Gasteiger partial charge in [0.2, 0.25) is 0 Å². The number of unbranched alkanes of at least 4 members (excludes halogenated alkanes) is 29. The summed E-state index contributed by atoms with van der Waals surface area (Å²) in [5.41, 5.74) is 0. The monoisotopic (exact) mass is 519 g/mol. The molecule has 0 heteroatoms. The third-order valence-corrected chi connectivity index (χ3v) is 9.44. The van der Waals surface area contributed by atoms with Gasteiger partial charge in [0.05, 0.1) is 0 Å². The predicted molar refractivity (Wildman–Crippen MR) is 171 cm³/mol. The lowest BCUT2D eigenvalue weighted by Gasteiger charge is -2.08. The Morgan fingerprint density at radius 1 is 0.297 bits per heavy atom. The molecule has 0 atom stereocenters. The van der Waals surface area contributed by atoms with Crippen molar-refractivity contribution < 1.29 is 0 Å². The quantitative estimate of drug-likeness (QED) is 0.0800. The molecule has 1 aliphatic carbocycles. The fourth-order valence-electron chi connectivity index (χ4n) is 6.76. The van der Waals surface area contributed by atoms with Crippen molar-refractivity contribution in [2.45, 2.75) is 232 Å². The van der Waals surface area contributed by atoms with E-state index >= 15 is 0 Å². The lowest BCUT2D eigenvalue weighted by Crippen LogP contribution is -1.92. The Balaban J connectivity index is 1.60. The second kappa shape index (κ2) is 30.5. The summed E-state index contributed by atoms with van der Waals surface area (Å²) in [4.78, 5) is 0. The number of hydrogen-bond acceptors (Lipinski definition) is 0. The van der Waals surface area contributed by atoms with E-state index < -0.39 is 0 Å². The van der Waals surface area contributed by atoms with Crippen LogP contribution in [0.15, 0.2) is 0 Å². The first kappa shape index (κ1) is 35.0. The van der Waals surface area contributed by atoms with E-state index in [1.807, 2.05) is 0 Å². The summed E-state index contributed by atoms with van der Waals surface area (Å²) < 4.78 is 0. The van der Waals surface area contributed by atoms with Crippen molar-refractivity contribution in [2.24, 2.45) is 5.92 Å². The molecule has 0 radical (unpaired) electrons. The standard InChI is InChI=1S/C37H74/c1-2-3-4-5-6-7-8-9-10-11-12-13-14-15-16-17-18-19-20-21-22-23-24-25-26-27-28-29-30-31-34-37-35-32-33-36-37/h37H,2-36H2,1H3. The lowest BCUT2D eigenvalue weighted by atomic mass is 9.98. The van der Waals surface area contributed by atoms with Crippen molar-refractivity contribution in [3.05, 3.63) is 0 Å². The molecule has 0 unspecified atom stereocenters. The van der Waals surface area contributed by atoms with Gasteiger partial charge in [-0.1, -0.05) is 232 Å². The molecule has 1 rings (SSSR count). The summed E-state index contributed by atoms with van der Waals surface area (Å²) in [7, 11) is 0. The van der Waals surface area contributed by atoms with E-state index in [-0.39, 0.29) is 0 Å². The predicted octanol–water partition coefficient (Wildman–Crippen LogP) is 14.3. The van der Waals surface area contributed by atoms with Crippen LogP contribution in [-0.2, 0) is 0 Å². The van der Waals surface area contributed by atoms with Crippen molar-refractivity contribution in [2.75, 3.05) is 0 Å². The third-order valence-electron chi connectivity index (χ3n) is 9.44. The zero-order valence-electron chi connectivity index (χ0n) is 26.3. The normalized spacial score (nSPS) is 14.2. The van der Waals surface area contributed by atoms with Crippen molar-refractivity contribution in [1.82, 2.24) is 0 Å².